The predicted octanol–water partition coefficient (Wildman–Crippen LogP) is 3.78. The van der Waals surface area contributed by atoms with Gasteiger partial charge in [-0.2, -0.15) is 0 Å². The summed E-state index contributed by atoms with van der Waals surface area (Å²) >= 11 is 0. The minimum atomic E-state index is -0.851. The van der Waals surface area contributed by atoms with Gasteiger partial charge in [0.25, 0.3) is 5.91 Å². The van der Waals surface area contributed by atoms with Crippen LogP contribution in [0, 0.1) is 20.2 Å². The van der Waals surface area contributed by atoms with E-state index in [1.54, 1.807) is 6.20 Å². The van der Waals surface area contributed by atoms with Crippen molar-refractivity contribution in [3.8, 4) is 0 Å². The lowest BCUT2D eigenvalue weighted by Gasteiger charge is -2.25. The van der Waals surface area contributed by atoms with Gasteiger partial charge in [0.15, 0.2) is 0 Å². The molecular formula is C18H15N3O5. The molecule has 0 radical (unpaired) electrons. The predicted molar refractivity (Wildman–Crippen MR) is 94.4 cm³/mol. The second-order valence-electron chi connectivity index (χ2n) is 5.84. The van der Waals surface area contributed by atoms with E-state index in [0.717, 1.165) is 36.1 Å². The molecule has 2 aromatic rings. The number of nitro benzene ring substituents is 2. The summed E-state index contributed by atoms with van der Waals surface area (Å²) in [5, 5.41) is 22.0. The van der Waals surface area contributed by atoms with E-state index in [0.29, 0.717) is 6.54 Å². The van der Waals surface area contributed by atoms with Gasteiger partial charge in [0.1, 0.15) is 0 Å². The van der Waals surface area contributed by atoms with Gasteiger partial charge in [0, 0.05) is 30.4 Å². The van der Waals surface area contributed by atoms with Gasteiger partial charge in [-0.3, -0.25) is 25.0 Å². The fraction of sp³-hybridized carbons (Fsp3) is 0.167. The number of nitrogens with zero attached hydrogens (tertiary/aromatic N) is 3. The number of carbonyl (C=O) groups excluding carboxylic acids is 1. The van der Waals surface area contributed by atoms with Crippen LogP contribution in [0.15, 0.2) is 54.7 Å². The molecule has 132 valence electrons. The van der Waals surface area contributed by atoms with Crippen molar-refractivity contribution in [3.63, 3.8) is 0 Å². The van der Waals surface area contributed by atoms with Crippen LogP contribution in [0.4, 0.5) is 11.4 Å². The third-order valence-corrected chi connectivity index (χ3v) is 4.18. The van der Waals surface area contributed by atoms with Gasteiger partial charge in [-0.05, 0) is 30.0 Å². The Morgan fingerprint density at radius 1 is 0.962 bits per heavy atom. The second-order valence-corrected chi connectivity index (χ2v) is 5.84. The van der Waals surface area contributed by atoms with E-state index in [-0.39, 0.29) is 5.56 Å². The average molecular weight is 353 g/mol. The fourth-order valence-electron chi connectivity index (χ4n) is 2.91. The summed E-state index contributed by atoms with van der Waals surface area (Å²) in [6, 6.07) is 12.9. The highest BCUT2D eigenvalue weighted by molar-refractivity contribution is 5.97. The van der Waals surface area contributed by atoms with Gasteiger partial charge >= 0.3 is 11.4 Å². The number of benzene rings is 2. The lowest BCUT2D eigenvalue weighted by atomic mass is 9.99. The van der Waals surface area contributed by atoms with Crippen LogP contribution in [0.1, 0.15) is 28.8 Å². The number of hydrogen-bond acceptors (Lipinski definition) is 5. The molecule has 0 saturated carbocycles. The quantitative estimate of drug-likeness (QED) is 0.614. The first-order chi connectivity index (χ1) is 12.5. The van der Waals surface area contributed by atoms with Crippen LogP contribution in [-0.4, -0.2) is 27.2 Å². The number of nitro groups is 2. The summed E-state index contributed by atoms with van der Waals surface area (Å²) in [7, 11) is 0. The van der Waals surface area contributed by atoms with Crippen LogP contribution >= 0.6 is 0 Å². The Morgan fingerprint density at radius 2 is 1.65 bits per heavy atom. The Labute approximate surface area is 148 Å². The maximum atomic E-state index is 12.7. The molecule has 0 atom stereocenters. The summed E-state index contributed by atoms with van der Waals surface area (Å²) in [5.41, 5.74) is 0.741. The van der Waals surface area contributed by atoms with Crippen LogP contribution in [0.5, 0.6) is 0 Å². The van der Waals surface area contributed by atoms with Gasteiger partial charge in [0.05, 0.1) is 9.85 Å². The topological polar surface area (TPSA) is 107 Å². The smallest absolute Gasteiger partial charge is 0.315 e. The zero-order chi connectivity index (χ0) is 18.7. The molecule has 0 fully saturated rings. The minimum Gasteiger partial charge on any atom is -0.315 e. The molecule has 26 heavy (non-hydrogen) atoms. The fourth-order valence-corrected chi connectivity index (χ4v) is 2.91. The number of carbonyl (C=O) groups is 1. The van der Waals surface area contributed by atoms with Crippen molar-refractivity contribution in [2.75, 3.05) is 6.54 Å². The highest BCUT2D eigenvalue weighted by atomic mass is 16.6. The Kier molecular flexibility index (Phi) is 4.74. The minimum absolute atomic E-state index is 0.0489. The van der Waals surface area contributed by atoms with Crippen LogP contribution in [0.25, 0.3) is 5.57 Å². The van der Waals surface area contributed by atoms with Crippen molar-refractivity contribution < 1.29 is 14.6 Å². The normalized spacial score (nSPS) is 13.8. The van der Waals surface area contributed by atoms with Crippen molar-refractivity contribution >= 4 is 22.9 Å². The molecular weight excluding hydrogens is 338 g/mol. The first-order valence-electron chi connectivity index (χ1n) is 7.97. The molecule has 8 heteroatoms. The molecule has 8 nitrogen and oxygen atoms in total. The zero-order valence-electron chi connectivity index (χ0n) is 13.7. The number of allylic oxidation sites excluding steroid dienone is 1. The zero-order valence-corrected chi connectivity index (χ0v) is 13.7. The molecule has 0 bridgehead atoms. The summed E-state index contributed by atoms with van der Waals surface area (Å²) in [6.45, 7) is 0.486. The first kappa shape index (κ1) is 17.3. The van der Waals surface area contributed by atoms with Crippen molar-refractivity contribution in [2.45, 2.75) is 12.8 Å². The molecule has 1 amide bonds. The van der Waals surface area contributed by atoms with Crippen molar-refractivity contribution in [1.82, 2.24) is 4.90 Å². The van der Waals surface area contributed by atoms with Crippen molar-refractivity contribution in [1.29, 1.82) is 0 Å². The molecule has 3 rings (SSSR count). The molecule has 1 aliphatic rings. The highest BCUT2D eigenvalue weighted by Gasteiger charge is 2.27. The van der Waals surface area contributed by atoms with E-state index >= 15 is 0 Å². The van der Waals surface area contributed by atoms with Crippen LogP contribution < -0.4 is 0 Å². The Morgan fingerprint density at radius 3 is 2.31 bits per heavy atom. The van der Waals surface area contributed by atoms with Gasteiger partial charge in [-0.1, -0.05) is 30.3 Å². The maximum Gasteiger partial charge on any atom is 0.346 e. The van der Waals surface area contributed by atoms with E-state index in [1.807, 2.05) is 30.3 Å². The van der Waals surface area contributed by atoms with Crippen molar-refractivity contribution in [2.24, 2.45) is 0 Å². The summed E-state index contributed by atoms with van der Waals surface area (Å²) in [5.74, 6) is -0.420. The molecule has 0 aliphatic carbocycles. The SMILES string of the molecule is O=C(c1ccc([N+](=O)[O-])c([N+](=O)[O-])c1)N1C=C(c2ccccc2)CCC1. The maximum absolute atomic E-state index is 12.7. The number of hydrogen-bond donors (Lipinski definition) is 0. The van der Waals surface area contributed by atoms with Gasteiger partial charge in [0.2, 0.25) is 0 Å². The second kappa shape index (κ2) is 7.14. The molecule has 0 unspecified atom stereocenters. The van der Waals surface area contributed by atoms with Gasteiger partial charge in [-0.25, -0.2) is 0 Å². The Balaban J connectivity index is 1.93. The molecule has 2 aromatic carbocycles. The average Bonchev–Trinajstić information content (AvgIpc) is 2.67. The Bertz CT molecular complexity index is 908. The molecule has 0 spiro atoms. The third-order valence-electron chi connectivity index (χ3n) is 4.18. The van der Waals surface area contributed by atoms with E-state index in [1.165, 1.54) is 11.0 Å². The Hall–Kier alpha value is -3.55. The van der Waals surface area contributed by atoms with Crippen LogP contribution in [-0.2, 0) is 0 Å². The standard InChI is InChI=1S/C18H15N3O5/c22-18(14-8-9-16(20(23)24)17(11-14)21(25)26)19-10-4-7-15(12-19)13-5-2-1-3-6-13/h1-3,5-6,8-9,11-12H,4,7,10H2. The lowest BCUT2D eigenvalue weighted by molar-refractivity contribution is -0.422. The third kappa shape index (κ3) is 3.44. The highest BCUT2D eigenvalue weighted by Crippen LogP contribution is 2.30. The van der Waals surface area contributed by atoms with Crippen LogP contribution in [0.3, 0.4) is 0 Å². The molecule has 0 aromatic heterocycles. The monoisotopic (exact) mass is 353 g/mol. The van der Waals surface area contributed by atoms with E-state index in [9.17, 15) is 25.0 Å². The number of amides is 1. The first-order valence-corrected chi connectivity index (χ1v) is 7.97. The molecule has 0 N–H and O–H groups in total. The van der Waals surface area contributed by atoms with Crippen molar-refractivity contribution in [3.05, 3.63) is 86.1 Å². The van der Waals surface area contributed by atoms with E-state index < -0.39 is 27.1 Å². The van der Waals surface area contributed by atoms with Gasteiger partial charge < -0.3 is 4.90 Å². The number of rotatable bonds is 4. The molecule has 1 heterocycles. The van der Waals surface area contributed by atoms with E-state index in [2.05, 4.69) is 0 Å². The largest absolute Gasteiger partial charge is 0.346 e. The summed E-state index contributed by atoms with van der Waals surface area (Å²) in [4.78, 5) is 34.5. The molecule has 0 saturated heterocycles. The lowest BCUT2D eigenvalue weighted by Crippen LogP contribution is -2.29. The van der Waals surface area contributed by atoms with Gasteiger partial charge in [-0.15, -0.1) is 0 Å². The molecule has 1 aliphatic heterocycles. The van der Waals surface area contributed by atoms with E-state index in [4.69, 9.17) is 0 Å². The summed E-state index contributed by atoms with van der Waals surface area (Å²) < 4.78 is 0. The summed E-state index contributed by atoms with van der Waals surface area (Å²) in [6.07, 6.45) is 3.34. The van der Waals surface area contributed by atoms with Crippen LogP contribution in [0.2, 0.25) is 0 Å².